The molecule has 2 aromatic rings. The van der Waals surface area contributed by atoms with Crippen molar-refractivity contribution in [2.45, 2.75) is 26.9 Å². The van der Waals surface area contributed by atoms with Crippen LogP contribution in [0.15, 0.2) is 6.33 Å². The standard InChI is InChI=1S/C10H12N4.ClH/c1-6-7(2)14-5-12-13-10(14)9-4-11-3-8(6)9;/h5,11H,3-4H2,1-2H3;1H. The first kappa shape index (κ1) is 10.4. The van der Waals surface area contributed by atoms with Gasteiger partial charge in [-0.2, -0.15) is 0 Å². The van der Waals surface area contributed by atoms with Gasteiger partial charge in [-0.05, 0) is 25.0 Å². The first-order chi connectivity index (χ1) is 6.79. The second-order valence-corrected chi connectivity index (χ2v) is 3.80. The van der Waals surface area contributed by atoms with Crippen molar-refractivity contribution in [3.8, 4) is 0 Å². The molecule has 0 spiro atoms. The molecule has 0 aromatic carbocycles. The summed E-state index contributed by atoms with van der Waals surface area (Å²) >= 11 is 0. The summed E-state index contributed by atoms with van der Waals surface area (Å²) in [7, 11) is 0. The molecule has 3 heterocycles. The molecule has 0 saturated carbocycles. The SMILES string of the molecule is Cc1c2c(c3nncn3c1C)CNC2.Cl. The Balaban J connectivity index is 0.000000853. The van der Waals surface area contributed by atoms with Crippen molar-refractivity contribution < 1.29 is 0 Å². The van der Waals surface area contributed by atoms with Crippen LogP contribution in [0.25, 0.3) is 5.65 Å². The van der Waals surface area contributed by atoms with Crippen molar-refractivity contribution in [2.24, 2.45) is 0 Å². The average molecular weight is 225 g/mol. The minimum atomic E-state index is 0. The Morgan fingerprint density at radius 3 is 2.80 bits per heavy atom. The summed E-state index contributed by atoms with van der Waals surface area (Å²) in [5.41, 5.74) is 6.33. The van der Waals surface area contributed by atoms with Gasteiger partial charge in [-0.3, -0.25) is 4.40 Å². The van der Waals surface area contributed by atoms with Crippen molar-refractivity contribution in [1.82, 2.24) is 19.9 Å². The largest absolute Gasteiger partial charge is 0.308 e. The average Bonchev–Trinajstić information content (AvgIpc) is 2.80. The van der Waals surface area contributed by atoms with Gasteiger partial charge in [0.2, 0.25) is 0 Å². The van der Waals surface area contributed by atoms with Crippen LogP contribution in [-0.4, -0.2) is 14.6 Å². The molecule has 0 aliphatic carbocycles. The molecule has 1 N–H and O–H groups in total. The zero-order valence-corrected chi connectivity index (χ0v) is 9.56. The Bertz CT molecular complexity index is 518. The summed E-state index contributed by atoms with van der Waals surface area (Å²) in [6.07, 6.45) is 1.79. The monoisotopic (exact) mass is 224 g/mol. The molecule has 0 bridgehead atoms. The maximum Gasteiger partial charge on any atom is 0.165 e. The van der Waals surface area contributed by atoms with Gasteiger partial charge in [0.1, 0.15) is 6.33 Å². The van der Waals surface area contributed by atoms with E-state index in [1.165, 1.54) is 22.4 Å². The van der Waals surface area contributed by atoms with E-state index in [9.17, 15) is 0 Å². The summed E-state index contributed by atoms with van der Waals surface area (Å²) in [6, 6.07) is 0. The second-order valence-electron chi connectivity index (χ2n) is 3.80. The zero-order chi connectivity index (χ0) is 9.71. The second kappa shape index (κ2) is 3.47. The van der Waals surface area contributed by atoms with Gasteiger partial charge >= 0.3 is 0 Å². The molecule has 1 aliphatic heterocycles. The van der Waals surface area contributed by atoms with E-state index in [1.54, 1.807) is 6.33 Å². The van der Waals surface area contributed by atoms with Crippen LogP contribution < -0.4 is 5.32 Å². The van der Waals surface area contributed by atoms with Gasteiger partial charge in [0, 0.05) is 24.3 Å². The normalized spacial score (nSPS) is 14.0. The Kier molecular flexibility index (Phi) is 2.40. The van der Waals surface area contributed by atoms with Crippen LogP contribution in [0, 0.1) is 13.8 Å². The number of rotatable bonds is 0. The molecule has 1 aliphatic rings. The quantitative estimate of drug-likeness (QED) is 0.735. The fourth-order valence-corrected chi connectivity index (χ4v) is 2.18. The smallest absolute Gasteiger partial charge is 0.165 e. The number of nitrogens with one attached hydrogen (secondary N) is 1. The predicted molar refractivity (Wildman–Crippen MR) is 60.3 cm³/mol. The van der Waals surface area contributed by atoms with Crippen LogP contribution in [0.3, 0.4) is 0 Å². The Labute approximate surface area is 94.1 Å². The van der Waals surface area contributed by atoms with E-state index in [0.717, 1.165) is 18.7 Å². The summed E-state index contributed by atoms with van der Waals surface area (Å²) < 4.78 is 2.07. The van der Waals surface area contributed by atoms with E-state index in [2.05, 4.69) is 33.8 Å². The van der Waals surface area contributed by atoms with E-state index in [4.69, 9.17) is 0 Å². The number of pyridine rings is 1. The van der Waals surface area contributed by atoms with Crippen molar-refractivity contribution in [1.29, 1.82) is 0 Å². The lowest BCUT2D eigenvalue weighted by molar-refractivity contribution is 0.764. The third-order valence-electron chi connectivity index (χ3n) is 3.14. The highest BCUT2D eigenvalue weighted by Gasteiger charge is 2.19. The van der Waals surface area contributed by atoms with E-state index in [1.807, 2.05) is 0 Å². The molecule has 0 radical (unpaired) electrons. The number of hydrogen-bond acceptors (Lipinski definition) is 3. The number of aryl methyl sites for hydroxylation is 1. The van der Waals surface area contributed by atoms with Crippen molar-refractivity contribution >= 4 is 18.1 Å². The van der Waals surface area contributed by atoms with Crippen LogP contribution in [-0.2, 0) is 13.1 Å². The topological polar surface area (TPSA) is 42.2 Å². The lowest BCUT2D eigenvalue weighted by atomic mass is 10.0. The fraction of sp³-hybridized carbons (Fsp3) is 0.400. The van der Waals surface area contributed by atoms with Crippen molar-refractivity contribution in [3.63, 3.8) is 0 Å². The number of halogens is 1. The van der Waals surface area contributed by atoms with Crippen molar-refractivity contribution in [2.75, 3.05) is 0 Å². The van der Waals surface area contributed by atoms with Gasteiger partial charge in [0.25, 0.3) is 0 Å². The highest BCUT2D eigenvalue weighted by molar-refractivity contribution is 5.85. The molecule has 3 rings (SSSR count). The number of fused-ring (bicyclic) bond motifs is 3. The molecule has 15 heavy (non-hydrogen) atoms. The third kappa shape index (κ3) is 1.25. The fourth-order valence-electron chi connectivity index (χ4n) is 2.18. The molecule has 0 amide bonds. The summed E-state index contributed by atoms with van der Waals surface area (Å²) in [5.74, 6) is 0. The summed E-state index contributed by atoms with van der Waals surface area (Å²) in [6.45, 7) is 6.16. The Morgan fingerprint density at radius 2 is 2.00 bits per heavy atom. The van der Waals surface area contributed by atoms with Crippen LogP contribution in [0.2, 0.25) is 0 Å². The minimum absolute atomic E-state index is 0. The maximum atomic E-state index is 4.17. The van der Waals surface area contributed by atoms with Gasteiger partial charge in [-0.1, -0.05) is 0 Å². The molecular formula is C10H13ClN4. The first-order valence-electron chi connectivity index (χ1n) is 4.80. The Morgan fingerprint density at radius 1 is 1.27 bits per heavy atom. The number of nitrogens with zero attached hydrogens (tertiary/aromatic N) is 3. The minimum Gasteiger partial charge on any atom is -0.308 e. The van der Waals surface area contributed by atoms with E-state index >= 15 is 0 Å². The molecular weight excluding hydrogens is 212 g/mol. The number of hydrogen-bond donors (Lipinski definition) is 1. The maximum absolute atomic E-state index is 4.17. The molecule has 4 nitrogen and oxygen atoms in total. The van der Waals surface area contributed by atoms with Gasteiger partial charge < -0.3 is 5.32 Å². The molecule has 2 aromatic heterocycles. The number of aromatic nitrogens is 3. The third-order valence-corrected chi connectivity index (χ3v) is 3.14. The van der Waals surface area contributed by atoms with Gasteiger partial charge in [-0.15, -0.1) is 22.6 Å². The molecule has 0 unspecified atom stereocenters. The highest BCUT2D eigenvalue weighted by atomic mass is 35.5. The predicted octanol–water partition coefficient (Wildman–Crippen LogP) is 1.37. The zero-order valence-electron chi connectivity index (χ0n) is 8.74. The molecule has 0 saturated heterocycles. The van der Waals surface area contributed by atoms with Gasteiger partial charge in [-0.25, -0.2) is 0 Å². The first-order valence-corrected chi connectivity index (χ1v) is 4.80. The summed E-state index contributed by atoms with van der Waals surface area (Å²) in [5, 5.41) is 11.5. The lowest BCUT2D eigenvalue weighted by Gasteiger charge is -2.09. The van der Waals surface area contributed by atoms with Crippen LogP contribution in [0.5, 0.6) is 0 Å². The van der Waals surface area contributed by atoms with E-state index < -0.39 is 0 Å². The molecule has 0 atom stereocenters. The molecule has 0 fully saturated rings. The van der Waals surface area contributed by atoms with Crippen LogP contribution in [0.1, 0.15) is 22.4 Å². The van der Waals surface area contributed by atoms with Gasteiger partial charge in [0.05, 0.1) is 0 Å². The van der Waals surface area contributed by atoms with Gasteiger partial charge in [0.15, 0.2) is 5.65 Å². The lowest BCUT2D eigenvalue weighted by Crippen LogP contribution is -2.01. The summed E-state index contributed by atoms with van der Waals surface area (Å²) in [4.78, 5) is 0. The van der Waals surface area contributed by atoms with Crippen molar-refractivity contribution in [3.05, 3.63) is 28.7 Å². The van der Waals surface area contributed by atoms with Crippen LogP contribution >= 0.6 is 12.4 Å². The Hall–Kier alpha value is -1.13. The highest BCUT2D eigenvalue weighted by Crippen LogP contribution is 2.25. The van der Waals surface area contributed by atoms with E-state index in [-0.39, 0.29) is 12.4 Å². The molecule has 80 valence electrons. The molecule has 5 heteroatoms. The van der Waals surface area contributed by atoms with Crippen LogP contribution in [0.4, 0.5) is 0 Å². The van der Waals surface area contributed by atoms with E-state index in [0.29, 0.717) is 0 Å².